The Hall–Kier alpha value is -2.15. The van der Waals surface area contributed by atoms with Crippen LogP contribution in [0.4, 0.5) is 10.8 Å². The second kappa shape index (κ2) is 3.70. The molecular weight excluding hydrogens is 236 g/mol. The molecule has 0 aliphatic rings. The maximum atomic E-state index is 5.64. The maximum Gasteiger partial charge on any atom is 0.236 e. The van der Waals surface area contributed by atoms with Crippen LogP contribution in [0.15, 0.2) is 24.3 Å². The van der Waals surface area contributed by atoms with Gasteiger partial charge in [-0.3, -0.25) is 0 Å². The summed E-state index contributed by atoms with van der Waals surface area (Å²) in [6, 6.07) is 7.90. The molecule has 0 aliphatic carbocycles. The minimum absolute atomic E-state index is 0.489. The lowest BCUT2D eigenvalue weighted by Crippen LogP contribution is -1.93. The smallest absolute Gasteiger partial charge is 0.236 e. The van der Waals surface area contributed by atoms with Crippen molar-refractivity contribution >= 4 is 27.1 Å². The van der Waals surface area contributed by atoms with E-state index in [0.29, 0.717) is 15.9 Å². The average molecular weight is 246 g/mol. The summed E-state index contributed by atoms with van der Waals surface area (Å²) in [6.45, 7) is 0. The highest BCUT2D eigenvalue weighted by Gasteiger charge is 2.11. The number of nitrogen functional groups attached to an aromatic ring is 1. The highest BCUT2D eigenvalue weighted by molar-refractivity contribution is 7.20. The highest BCUT2D eigenvalue weighted by Crippen LogP contribution is 2.23. The van der Waals surface area contributed by atoms with Gasteiger partial charge in [0.15, 0.2) is 5.82 Å². The zero-order valence-corrected chi connectivity index (χ0v) is 9.90. The third-order valence-electron chi connectivity index (χ3n) is 2.44. The van der Waals surface area contributed by atoms with Crippen molar-refractivity contribution in [2.24, 2.45) is 0 Å². The van der Waals surface area contributed by atoms with Gasteiger partial charge < -0.3 is 11.1 Å². The number of fused-ring (bicyclic) bond motifs is 1. The lowest BCUT2D eigenvalue weighted by atomic mass is 10.2. The molecule has 7 heteroatoms. The molecule has 0 saturated heterocycles. The van der Waals surface area contributed by atoms with Gasteiger partial charge in [-0.2, -0.15) is 4.52 Å². The Morgan fingerprint density at radius 1 is 1.24 bits per heavy atom. The van der Waals surface area contributed by atoms with Crippen molar-refractivity contribution in [2.75, 3.05) is 18.1 Å². The van der Waals surface area contributed by atoms with E-state index in [4.69, 9.17) is 5.73 Å². The molecule has 3 N–H and O–H groups in total. The molecule has 0 saturated carbocycles. The maximum absolute atomic E-state index is 5.64. The molecule has 0 spiro atoms. The molecule has 1 aromatic carbocycles. The Labute approximate surface area is 101 Å². The number of benzene rings is 1. The molecule has 86 valence electrons. The Bertz CT molecular complexity index is 653. The van der Waals surface area contributed by atoms with Crippen LogP contribution < -0.4 is 11.1 Å². The van der Waals surface area contributed by atoms with Crippen LogP contribution in [0.2, 0.25) is 0 Å². The molecule has 2 aromatic heterocycles. The molecule has 2 heterocycles. The summed E-state index contributed by atoms with van der Waals surface area (Å²) in [6.07, 6.45) is 0. The Morgan fingerprint density at radius 2 is 2.00 bits per heavy atom. The second-order valence-electron chi connectivity index (χ2n) is 3.49. The molecule has 0 bridgehead atoms. The summed E-state index contributed by atoms with van der Waals surface area (Å²) in [7, 11) is 1.88. The fraction of sp³-hybridized carbons (Fsp3) is 0.100. The van der Waals surface area contributed by atoms with Gasteiger partial charge in [0.05, 0.1) is 0 Å². The van der Waals surface area contributed by atoms with E-state index in [1.807, 2.05) is 31.3 Å². The molecule has 3 aromatic rings. The van der Waals surface area contributed by atoms with Crippen LogP contribution in [-0.4, -0.2) is 26.9 Å². The van der Waals surface area contributed by atoms with E-state index in [1.165, 1.54) is 11.3 Å². The molecular formula is C10H10N6S. The van der Waals surface area contributed by atoms with Gasteiger partial charge in [0, 0.05) is 18.3 Å². The highest BCUT2D eigenvalue weighted by atomic mass is 32.1. The summed E-state index contributed by atoms with van der Waals surface area (Å²) in [5.74, 6) is 0.704. The SMILES string of the molecule is CNc1ccc(-c2nnc3sc(N)nn23)cc1. The first-order chi connectivity index (χ1) is 8.28. The number of hydrogen-bond donors (Lipinski definition) is 2. The van der Waals surface area contributed by atoms with E-state index in [9.17, 15) is 0 Å². The van der Waals surface area contributed by atoms with Crippen molar-refractivity contribution in [2.45, 2.75) is 0 Å². The number of rotatable bonds is 2. The third-order valence-corrected chi connectivity index (χ3v) is 3.17. The molecule has 0 radical (unpaired) electrons. The van der Waals surface area contributed by atoms with Crippen LogP contribution in [-0.2, 0) is 0 Å². The van der Waals surface area contributed by atoms with Gasteiger partial charge in [-0.25, -0.2) is 0 Å². The van der Waals surface area contributed by atoms with E-state index in [1.54, 1.807) is 4.52 Å². The first kappa shape index (κ1) is 10.0. The van der Waals surface area contributed by atoms with E-state index < -0.39 is 0 Å². The average Bonchev–Trinajstić information content (AvgIpc) is 2.88. The van der Waals surface area contributed by atoms with Gasteiger partial charge in [0.1, 0.15) is 0 Å². The number of anilines is 2. The summed E-state index contributed by atoms with van der Waals surface area (Å²) in [5, 5.41) is 15.9. The van der Waals surface area contributed by atoms with Crippen molar-refractivity contribution in [1.29, 1.82) is 0 Å². The van der Waals surface area contributed by atoms with Crippen molar-refractivity contribution in [3.63, 3.8) is 0 Å². The molecule has 3 rings (SSSR count). The van der Waals surface area contributed by atoms with Gasteiger partial charge in [0.2, 0.25) is 10.1 Å². The van der Waals surface area contributed by atoms with Crippen LogP contribution in [0.5, 0.6) is 0 Å². The van der Waals surface area contributed by atoms with Crippen LogP contribution in [0, 0.1) is 0 Å². The number of hydrogen-bond acceptors (Lipinski definition) is 6. The lowest BCUT2D eigenvalue weighted by Gasteiger charge is -2.00. The fourth-order valence-corrected chi connectivity index (χ4v) is 2.20. The summed E-state index contributed by atoms with van der Waals surface area (Å²) < 4.78 is 1.66. The largest absolute Gasteiger partial charge is 0.388 e. The van der Waals surface area contributed by atoms with Crippen LogP contribution in [0.25, 0.3) is 16.3 Å². The standard InChI is InChI=1S/C10H10N6S/c1-12-7-4-2-6(3-5-7)8-13-14-10-16(8)15-9(11)17-10/h2-5,12H,1H3,(H2,11,15). The van der Waals surface area contributed by atoms with Gasteiger partial charge in [-0.05, 0) is 24.3 Å². The zero-order valence-electron chi connectivity index (χ0n) is 9.08. The van der Waals surface area contributed by atoms with Gasteiger partial charge in [-0.15, -0.1) is 15.3 Å². The minimum atomic E-state index is 0.489. The van der Waals surface area contributed by atoms with E-state index >= 15 is 0 Å². The zero-order chi connectivity index (χ0) is 11.8. The Balaban J connectivity index is 2.12. The molecule has 6 nitrogen and oxygen atoms in total. The first-order valence-electron chi connectivity index (χ1n) is 5.04. The lowest BCUT2D eigenvalue weighted by molar-refractivity contribution is 0.973. The van der Waals surface area contributed by atoms with Crippen molar-refractivity contribution in [1.82, 2.24) is 19.8 Å². The van der Waals surface area contributed by atoms with Gasteiger partial charge in [0.25, 0.3) is 0 Å². The monoisotopic (exact) mass is 246 g/mol. The second-order valence-corrected chi connectivity index (χ2v) is 4.47. The van der Waals surface area contributed by atoms with E-state index in [0.717, 1.165) is 11.3 Å². The molecule has 17 heavy (non-hydrogen) atoms. The van der Waals surface area contributed by atoms with Crippen LogP contribution in [0.1, 0.15) is 0 Å². The molecule has 0 unspecified atom stereocenters. The molecule has 0 aliphatic heterocycles. The van der Waals surface area contributed by atoms with Crippen molar-refractivity contribution in [3.05, 3.63) is 24.3 Å². The van der Waals surface area contributed by atoms with Crippen molar-refractivity contribution < 1.29 is 0 Å². The predicted octanol–water partition coefficient (Wildman–Crippen LogP) is 1.48. The Morgan fingerprint density at radius 3 is 2.71 bits per heavy atom. The quantitative estimate of drug-likeness (QED) is 0.715. The fourth-order valence-electron chi connectivity index (χ4n) is 1.60. The van der Waals surface area contributed by atoms with Crippen LogP contribution >= 0.6 is 11.3 Å². The van der Waals surface area contributed by atoms with Crippen LogP contribution in [0.3, 0.4) is 0 Å². The van der Waals surface area contributed by atoms with Crippen molar-refractivity contribution in [3.8, 4) is 11.4 Å². The van der Waals surface area contributed by atoms with E-state index in [-0.39, 0.29) is 0 Å². The minimum Gasteiger partial charge on any atom is -0.388 e. The first-order valence-corrected chi connectivity index (χ1v) is 5.85. The van der Waals surface area contributed by atoms with Gasteiger partial charge >= 0.3 is 0 Å². The normalized spacial score (nSPS) is 10.9. The Kier molecular flexibility index (Phi) is 2.19. The third kappa shape index (κ3) is 1.60. The summed E-state index contributed by atoms with van der Waals surface area (Å²) >= 11 is 1.32. The summed E-state index contributed by atoms with van der Waals surface area (Å²) in [5.41, 5.74) is 7.64. The topological polar surface area (TPSA) is 81.1 Å². The van der Waals surface area contributed by atoms with E-state index in [2.05, 4.69) is 20.6 Å². The number of nitrogens with zero attached hydrogens (tertiary/aromatic N) is 4. The van der Waals surface area contributed by atoms with Gasteiger partial charge in [-0.1, -0.05) is 11.3 Å². The number of aromatic nitrogens is 4. The number of nitrogens with two attached hydrogens (primary N) is 1. The predicted molar refractivity (Wildman–Crippen MR) is 68.1 cm³/mol. The number of nitrogens with one attached hydrogen (secondary N) is 1. The molecule has 0 amide bonds. The molecule has 0 fully saturated rings. The summed E-state index contributed by atoms with van der Waals surface area (Å²) in [4.78, 5) is 0.704. The molecule has 0 atom stereocenters.